The molecule has 23 heavy (non-hydrogen) atoms. The molecule has 7 nitrogen and oxygen atoms in total. The number of pyridine rings is 1. The molecule has 2 amide bonds. The summed E-state index contributed by atoms with van der Waals surface area (Å²) in [5, 5.41) is 10.00. The van der Waals surface area contributed by atoms with E-state index in [9.17, 15) is 9.59 Å². The third kappa shape index (κ3) is 5.33. The number of thioether (sulfide) groups is 1. The van der Waals surface area contributed by atoms with Crippen LogP contribution in [-0.2, 0) is 9.59 Å². The van der Waals surface area contributed by atoms with Crippen LogP contribution < -0.4 is 16.0 Å². The number of hydrogen-bond donors (Lipinski definition) is 3. The van der Waals surface area contributed by atoms with Gasteiger partial charge in [0.15, 0.2) is 0 Å². The Kier molecular flexibility index (Phi) is 7.70. The van der Waals surface area contributed by atoms with E-state index in [0.717, 1.165) is 5.75 Å². The van der Waals surface area contributed by atoms with E-state index in [1.807, 2.05) is 0 Å². The zero-order chi connectivity index (χ0) is 17.3. The van der Waals surface area contributed by atoms with E-state index < -0.39 is 11.4 Å². The largest absolute Gasteiger partial charge is 0.368 e. The van der Waals surface area contributed by atoms with Crippen LogP contribution in [0, 0.1) is 5.41 Å². The fourth-order valence-corrected chi connectivity index (χ4v) is 3.24. The molecule has 1 heterocycles. The molecule has 1 atom stereocenters. The molecule has 0 aliphatic carbocycles. The van der Waals surface area contributed by atoms with Crippen molar-refractivity contribution in [2.75, 3.05) is 29.5 Å². The van der Waals surface area contributed by atoms with E-state index in [-0.39, 0.29) is 5.91 Å². The highest BCUT2D eigenvalue weighted by molar-refractivity contribution is 7.99. The maximum Gasteiger partial charge on any atom is 0.244 e. The lowest BCUT2D eigenvalue weighted by Gasteiger charge is -2.38. The minimum atomic E-state index is -1.13. The fraction of sp³-hybridized carbons (Fsp3) is 0.467. The monoisotopic (exact) mass is 337 g/mol. The summed E-state index contributed by atoms with van der Waals surface area (Å²) in [6.45, 7) is 4.32. The van der Waals surface area contributed by atoms with E-state index in [2.05, 4.69) is 10.3 Å². The first kappa shape index (κ1) is 19.1. The van der Waals surface area contributed by atoms with Gasteiger partial charge in [-0.15, -0.1) is 0 Å². The van der Waals surface area contributed by atoms with Gasteiger partial charge in [-0.25, -0.2) is 0 Å². The number of hydrogen-bond acceptors (Lipinski definition) is 6. The molecule has 0 unspecified atom stereocenters. The number of aromatic nitrogens is 1. The van der Waals surface area contributed by atoms with E-state index in [4.69, 9.17) is 11.1 Å². The summed E-state index contributed by atoms with van der Waals surface area (Å²) in [5.41, 5.74) is 5.07. The van der Waals surface area contributed by atoms with Gasteiger partial charge in [-0.3, -0.25) is 19.5 Å². The minimum Gasteiger partial charge on any atom is -0.368 e. The molecule has 1 aromatic rings. The first-order valence-electron chi connectivity index (χ1n) is 7.21. The molecule has 126 valence electrons. The maximum absolute atomic E-state index is 12.1. The van der Waals surface area contributed by atoms with Crippen LogP contribution in [0.2, 0.25) is 0 Å². The van der Waals surface area contributed by atoms with Gasteiger partial charge in [-0.05, 0) is 19.1 Å². The zero-order valence-electron chi connectivity index (χ0n) is 13.4. The van der Waals surface area contributed by atoms with Gasteiger partial charge in [0.05, 0.1) is 0 Å². The summed E-state index contributed by atoms with van der Waals surface area (Å²) >= 11 is 1.53. The van der Waals surface area contributed by atoms with Gasteiger partial charge in [-0.1, -0.05) is 0 Å². The lowest BCUT2D eigenvalue weighted by molar-refractivity contribution is -0.126. The Hall–Kier alpha value is -1.93. The number of nitrogens with zero attached hydrogens (tertiary/aromatic N) is 2. The summed E-state index contributed by atoms with van der Waals surface area (Å²) in [7, 11) is 0. The van der Waals surface area contributed by atoms with E-state index >= 15 is 0 Å². The summed E-state index contributed by atoms with van der Waals surface area (Å²) < 4.78 is 0. The van der Waals surface area contributed by atoms with Gasteiger partial charge in [0.2, 0.25) is 11.8 Å². The second-order valence-corrected chi connectivity index (χ2v) is 6.26. The van der Waals surface area contributed by atoms with Crippen LogP contribution in [0.3, 0.4) is 0 Å². The molecule has 0 aliphatic rings. The SMILES string of the molecule is CC(=O)N(c1ccncc1)[C@@](C)(CSCCNCC=N)C(N)=O. The quantitative estimate of drug-likeness (QED) is 0.429. The molecule has 1 aromatic heterocycles. The van der Waals surface area contributed by atoms with Gasteiger partial charge < -0.3 is 16.5 Å². The highest BCUT2D eigenvalue weighted by Crippen LogP contribution is 2.27. The molecule has 0 saturated heterocycles. The minimum absolute atomic E-state index is 0.250. The fourth-order valence-electron chi connectivity index (χ4n) is 2.14. The van der Waals surface area contributed by atoms with E-state index in [1.165, 1.54) is 29.8 Å². The van der Waals surface area contributed by atoms with Gasteiger partial charge >= 0.3 is 0 Å². The van der Waals surface area contributed by atoms with Gasteiger partial charge in [0, 0.05) is 55.8 Å². The second kappa shape index (κ2) is 9.26. The number of rotatable bonds is 10. The average Bonchev–Trinajstić information content (AvgIpc) is 2.51. The van der Waals surface area contributed by atoms with Crippen molar-refractivity contribution in [3.8, 4) is 0 Å². The molecule has 0 aromatic carbocycles. The molecule has 0 spiro atoms. The number of nitrogens with two attached hydrogens (primary N) is 1. The number of amides is 2. The lowest BCUT2D eigenvalue weighted by atomic mass is 10.0. The standard InChI is InChI=1S/C15H23N5O2S/c1-12(21)20(13-3-6-18-7-4-13)15(2,14(17)22)11-23-10-9-19-8-5-16/h3-7,16,19H,8-11H2,1-2H3,(H2,17,22)/t15-/m0/s1. The molecule has 0 saturated carbocycles. The molecule has 0 bridgehead atoms. The Morgan fingerprint density at radius 3 is 2.65 bits per heavy atom. The molecule has 0 radical (unpaired) electrons. The molecule has 1 rings (SSSR count). The Bertz CT molecular complexity index is 540. The van der Waals surface area contributed by atoms with Crippen molar-refractivity contribution in [2.45, 2.75) is 19.4 Å². The normalized spacial score (nSPS) is 13.1. The predicted octanol–water partition coefficient (Wildman–Crippen LogP) is 0.651. The van der Waals surface area contributed by atoms with Crippen molar-refractivity contribution >= 4 is 35.5 Å². The smallest absolute Gasteiger partial charge is 0.244 e. The van der Waals surface area contributed by atoms with E-state index in [1.54, 1.807) is 31.5 Å². The molecular formula is C15H23N5O2S. The molecular weight excluding hydrogens is 314 g/mol. The van der Waals surface area contributed by atoms with Crippen LogP contribution in [0.1, 0.15) is 13.8 Å². The van der Waals surface area contributed by atoms with Crippen molar-refractivity contribution in [1.82, 2.24) is 10.3 Å². The van der Waals surface area contributed by atoms with Crippen molar-refractivity contribution in [3.05, 3.63) is 24.5 Å². The first-order chi connectivity index (χ1) is 10.9. The summed E-state index contributed by atoms with van der Waals surface area (Å²) in [6, 6.07) is 3.36. The lowest BCUT2D eigenvalue weighted by Crippen LogP contribution is -2.59. The van der Waals surface area contributed by atoms with Crippen LogP contribution in [-0.4, -0.2) is 53.1 Å². The van der Waals surface area contributed by atoms with Crippen molar-refractivity contribution in [3.63, 3.8) is 0 Å². The maximum atomic E-state index is 12.1. The third-order valence-electron chi connectivity index (χ3n) is 3.31. The Labute approximate surface area is 140 Å². The Morgan fingerprint density at radius 1 is 1.48 bits per heavy atom. The second-order valence-electron chi connectivity index (χ2n) is 5.16. The third-order valence-corrected chi connectivity index (χ3v) is 4.57. The van der Waals surface area contributed by atoms with Crippen molar-refractivity contribution in [1.29, 1.82) is 5.41 Å². The Balaban J connectivity index is 2.85. The predicted molar refractivity (Wildman–Crippen MR) is 94.0 cm³/mol. The zero-order valence-corrected chi connectivity index (χ0v) is 14.2. The van der Waals surface area contributed by atoms with Gasteiger partial charge in [-0.2, -0.15) is 11.8 Å². The van der Waals surface area contributed by atoms with Crippen molar-refractivity contribution < 1.29 is 9.59 Å². The summed E-state index contributed by atoms with van der Waals surface area (Å²) in [4.78, 5) is 29.5. The van der Waals surface area contributed by atoms with Crippen LogP contribution in [0.4, 0.5) is 5.69 Å². The molecule has 0 fully saturated rings. The Morgan fingerprint density at radius 2 is 2.13 bits per heavy atom. The van der Waals surface area contributed by atoms with Crippen LogP contribution >= 0.6 is 11.8 Å². The number of carbonyl (C=O) groups is 2. The molecule has 4 N–H and O–H groups in total. The summed E-state index contributed by atoms with van der Waals surface area (Å²) in [5.74, 6) is 0.333. The van der Waals surface area contributed by atoms with Crippen molar-refractivity contribution in [2.24, 2.45) is 5.73 Å². The van der Waals surface area contributed by atoms with Gasteiger partial charge in [0.25, 0.3) is 0 Å². The number of nitrogens with one attached hydrogen (secondary N) is 2. The summed E-state index contributed by atoms with van der Waals surface area (Å²) in [6.07, 6.45) is 4.43. The molecule has 0 aliphatic heterocycles. The topological polar surface area (TPSA) is 112 Å². The van der Waals surface area contributed by atoms with Crippen LogP contribution in [0.25, 0.3) is 0 Å². The average molecular weight is 337 g/mol. The van der Waals surface area contributed by atoms with Crippen LogP contribution in [0.5, 0.6) is 0 Å². The van der Waals surface area contributed by atoms with E-state index in [0.29, 0.717) is 24.5 Å². The number of anilines is 1. The molecule has 8 heteroatoms. The number of carbonyl (C=O) groups excluding carboxylic acids is 2. The first-order valence-corrected chi connectivity index (χ1v) is 8.37. The highest BCUT2D eigenvalue weighted by Gasteiger charge is 2.40. The van der Waals surface area contributed by atoms with Crippen LogP contribution in [0.15, 0.2) is 24.5 Å². The number of primary amides is 1. The van der Waals surface area contributed by atoms with Gasteiger partial charge in [0.1, 0.15) is 5.54 Å². The highest BCUT2D eigenvalue weighted by atomic mass is 32.2.